The largest absolute Gasteiger partial charge is 0.756 e. The van der Waals surface area contributed by atoms with Crippen molar-refractivity contribution in [2.75, 3.05) is 40.9 Å². The number of phosphoric ester groups is 1. The molecule has 0 fully saturated rings. The van der Waals surface area contributed by atoms with Crippen LogP contribution in [0.15, 0.2) is 122 Å². The molecule has 0 aromatic rings. The molecule has 0 heterocycles. The number of carbonyl (C=O) groups excluding carboxylic acids is 1. The van der Waals surface area contributed by atoms with Gasteiger partial charge in [0.2, 0.25) is 5.91 Å². The lowest BCUT2D eigenvalue weighted by atomic mass is 10.0. The van der Waals surface area contributed by atoms with Crippen LogP contribution in [0.3, 0.4) is 0 Å². The molecule has 0 aliphatic rings. The molecule has 3 atom stereocenters. The first-order valence-corrected chi connectivity index (χ1v) is 32.8. The topological polar surface area (TPSA) is 108 Å². The summed E-state index contributed by atoms with van der Waals surface area (Å²) in [5.74, 6) is -0.177. The van der Waals surface area contributed by atoms with Gasteiger partial charge in [0.25, 0.3) is 7.82 Å². The Morgan fingerprint density at radius 3 is 1.16 bits per heavy atom. The maximum absolute atomic E-state index is 13.0. The predicted octanol–water partition coefficient (Wildman–Crippen LogP) is 19.1. The number of likely N-dealkylation sites (N-methyl/N-ethyl adjacent to an activating group) is 1. The van der Waals surface area contributed by atoms with Crippen LogP contribution in [-0.4, -0.2) is 68.5 Å². The van der Waals surface area contributed by atoms with Crippen LogP contribution >= 0.6 is 7.82 Å². The zero-order chi connectivity index (χ0) is 56.3. The van der Waals surface area contributed by atoms with E-state index < -0.39 is 20.0 Å². The second-order valence-corrected chi connectivity index (χ2v) is 23.4. The van der Waals surface area contributed by atoms with Crippen molar-refractivity contribution in [3.63, 3.8) is 0 Å². The lowest BCUT2D eigenvalue weighted by Crippen LogP contribution is -2.46. The minimum atomic E-state index is -4.58. The van der Waals surface area contributed by atoms with Crippen LogP contribution in [0.4, 0.5) is 0 Å². The van der Waals surface area contributed by atoms with Crippen molar-refractivity contribution in [2.45, 2.75) is 264 Å². The molecule has 0 rings (SSSR count). The van der Waals surface area contributed by atoms with E-state index in [-0.39, 0.29) is 19.1 Å². The summed E-state index contributed by atoms with van der Waals surface area (Å²) in [5.41, 5.74) is 0. The van der Waals surface area contributed by atoms with E-state index in [2.05, 4.69) is 141 Å². The number of unbranched alkanes of at least 4 members (excludes halogenated alkanes) is 23. The zero-order valence-electron chi connectivity index (χ0n) is 50.4. The number of allylic oxidation sites excluding steroid dienone is 20. The SMILES string of the molecule is CC/C=C\C/C=C\C/C=C\C/C=C\C/C=C\C/C=C\C/C=C\C/C=C\C/C=C\C/C=C\CCCCCCCCCCC(=O)NC(COP(=O)([O-])OCC[N+](C)(C)C)C(O)CCCCCCCCCCCCCCCCCC. The van der Waals surface area contributed by atoms with Gasteiger partial charge in [-0.1, -0.05) is 277 Å². The number of hydrogen-bond acceptors (Lipinski definition) is 6. The normalized spacial score (nSPS) is 14.6. The molecule has 0 aliphatic heterocycles. The van der Waals surface area contributed by atoms with Gasteiger partial charge < -0.3 is 28.8 Å². The third kappa shape index (κ3) is 60.4. The molecule has 9 heteroatoms. The highest BCUT2D eigenvalue weighted by molar-refractivity contribution is 7.45. The maximum Gasteiger partial charge on any atom is 0.268 e. The van der Waals surface area contributed by atoms with Crippen molar-refractivity contribution in [1.82, 2.24) is 5.32 Å². The van der Waals surface area contributed by atoms with Crippen LogP contribution in [0, 0.1) is 0 Å². The van der Waals surface area contributed by atoms with Gasteiger partial charge in [-0.25, -0.2) is 0 Å². The molecule has 442 valence electrons. The van der Waals surface area contributed by atoms with Crippen LogP contribution < -0.4 is 10.2 Å². The highest BCUT2D eigenvalue weighted by atomic mass is 31.2. The van der Waals surface area contributed by atoms with E-state index in [1.807, 2.05) is 21.1 Å². The van der Waals surface area contributed by atoms with Crippen molar-refractivity contribution in [3.8, 4) is 0 Å². The van der Waals surface area contributed by atoms with E-state index in [1.165, 1.54) is 116 Å². The average Bonchev–Trinajstić information content (AvgIpc) is 3.39. The number of hydrogen-bond donors (Lipinski definition) is 2. The summed E-state index contributed by atoms with van der Waals surface area (Å²) in [7, 11) is 1.29. The number of rotatable bonds is 56. The molecule has 0 bridgehead atoms. The summed E-state index contributed by atoms with van der Waals surface area (Å²) < 4.78 is 23.4. The first-order chi connectivity index (χ1) is 37.5. The lowest BCUT2D eigenvalue weighted by molar-refractivity contribution is -0.870. The number of nitrogens with zero attached hydrogens (tertiary/aromatic N) is 1. The van der Waals surface area contributed by atoms with Gasteiger partial charge in [0.15, 0.2) is 0 Å². The second-order valence-electron chi connectivity index (χ2n) is 22.0. The van der Waals surface area contributed by atoms with E-state index in [9.17, 15) is 19.4 Å². The summed E-state index contributed by atoms with van der Waals surface area (Å²) in [6.07, 6.45) is 85.2. The number of nitrogens with one attached hydrogen (secondary N) is 1. The fourth-order valence-corrected chi connectivity index (χ4v) is 9.32. The Balaban J connectivity index is 4.12. The minimum absolute atomic E-state index is 0.00516. The van der Waals surface area contributed by atoms with Gasteiger partial charge in [-0.2, -0.15) is 0 Å². The van der Waals surface area contributed by atoms with E-state index >= 15 is 0 Å². The van der Waals surface area contributed by atoms with Crippen molar-refractivity contribution in [3.05, 3.63) is 122 Å². The minimum Gasteiger partial charge on any atom is -0.756 e. The number of amides is 1. The van der Waals surface area contributed by atoms with Gasteiger partial charge in [-0.05, 0) is 89.9 Å². The van der Waals surface area contributed by atoms with Crippen LogP contribution in [0.25, 0.3) is 0 Å². The summed E-state index contributed by atoms with van der Waals surface area (Å²) in [5, 5.41) is 14.0. The molecule has 0 spiro atoms. The first-order valence-electron chi connectivity index (χ1n) is 31.4. The number of carbonyl (C=O) groups is 1. The Kier molecular flexibility index (Phi) is 55.3. The van der Waals surface area contributed by atoms with Crippen LogP contribution in [-0.2, 0) is 18.4 Å². The molecular weight excluding hydrogens is 972 g/mol. The van der Waals surface area contributed by atoms with Crippen molar-refractivity contribution >= 4 is 13.7 Å². The Morgan fingerprint density at radius 1 is 0.468 bits per heavy atom. The summed E-state index contributed by atoms with van der Waals surface area (Å²) >= 11 is 0. The van der Waals surface area contributed by atoms with Crippen molar-refractivity contribution < 1.29 is 32.9 Å². The van der Waals surface area contributed by atoms with Crippen molar-refractivity contribution in [2.24, 2.45) is 0 Å². The van der Waals surface area contributed by atoms with Crippen LogP contribution in [0.1, 0.15) is 251 Å². The summed E-state index contributed by atoms with van der Waals surface area (Å²) in [4.78, 5) is 25.6. The maximum atomic E-state index is 13.0. The molecule has 0 aromatic carbocycles. The second kappa shape index (κ2) is 57.6. The van der Waals surface area contributed by atoms with Crippen LogP contribution in [0.5, 0.6) is 0 Å². The highest BCUT2D eigenvalue weighted by Gasteiger charge is 2.24. The third-order valence-electron chi connectivity index (χ3n) is 13.5. The smallest absolute Gasteiger partial charge is 0.268 e. The number of aliphatic hydroxyl groups excluding tert-OH is 1. The molecule has 0 aliphatic carbocycles. The number of aliphatic hydroxyl groups is 1. The fraction of sp³-hybridized carbons (Fsp3) is 0.691. The summed E-state index contributed by atoms with van der Waals surface area (Å²) in [6, 6.07) is -0.813. The van der Waals surface area contributed by atoms with E-state index in [4.69, 9.17) is 9.05 Å². The van der Waals surface area contributed by atoms with Crippen molar-refractivity contribution in [1.29, 1.82) is 0 Å². The number of phosphoric acid groups is 1. The van der Waals surface area contributed by atoms with Gasteiger partial charge >= 0.3 is 0 Å². The standard InChI is InChI=1S/C68H119N2O6P/c1-6-8-10-12-14-16-18-20-22-24-25-26-27-28-29-30-31-32-33-34-35-36-37-38-39-40-41-42-43-44-45-46-48-50-52-54-56-58-60-62-68(72)69-66(65-76-77(73,74)75-64-63-70(3,4)5)67(71)61-59-57-55-53-51-49-47-23-21-19-17-15-13-11-9-7-2/h8,10,14,16,20,22,25-26,28-29,31-32,34-35,37-38,40-41,43-44,66-67,71H,6-7,9,11-13,15,17-19,21,23-24,27,30,33,36,39,42,45-65H2,1-5H3,(H-,69,72,73,74)/b10-8-,16-14-,22-20-,26-25-,29-28-,32-31-,35-34-,38-37-,41-40-,44-43-. The summed E-state index contributed by atoms with van der Waals surface area (Å²) in [6.45, 7) is 4.60. The van der Waals surface area contributed by atoms with E-state index in [1.54, 1.807) is 0 Å². The van der Waals surface area contributed by atoms with Gasteiger partial charge in [0.1, 0.15) is 13.2 Å². The molecule has 77 heavy (non-hydrogen) atoms. The van der Waals surface area contributed by atoms with E-state index in [0.717, 1.165) is 109 Å². The zero-order valence-corrected chi connectivity index (χ0v) is 51.3. The Bertz CT molecular complexity index is 1670. The quantitative estimate of drug-likeness (QED) is 0.0272. The molecule has 0 aromatic heterocycles. The van der Waals surface area contributed by atoms with Gasteiger partial charge in [0.05, 0.1) is 39.9 Å². The molecule has 0 saturated heterocycles. The van der Waals surface area contributed by atoms with E-state index in [0.29, 0.717) is 23.9 Å². The average molecular weight is 1090 g/mol. The predicted molar refractivity (Wildman–Crippen MR) is 334 cm³/mol. The molecule has 0 radical (unpaired) electrons. The molecule has 2 N–H and O–H groups in total. The molecule has 3 unspecified atom stereocenters. The highest BCUT2D eigenvalue weighted by Crippen LogP contribution is 2.38. The molecular formula is C68H119N2O6P. The lowest BCUT2D eigenvalue weighted by Gasteiger charge is -2.30. The monoisotopic (exact) mass is 1090 g/mol. The Morgan fingerprint density at radius 2 is 0.792 bits per heavy atom. The Hall–Kier alpha value is -3.10. The first kappa shape index (κ1) is 73.9. The third-order valence-corrected chi connectivity index (χ3v) is 14.4. The van der Waals surface area contributed by atoms with Gasteiger partial charge in [-0.15, -0.1) is 0 Å². The molecule has 1 amide bonds. The number of quaternary nitrogens is 1. The molecule has 0 saturated carbocycles. The van der Waals surface area contributed by atoms with Gasteiger partial charge in [0, 0.05) is 6.42 Å². The van der Waals surface area contributed by atoms with Gasteiger partial charge in [-0.3, -0.25) is 9.36 Å². The Labute approximate surface area is 475 Å². The fourth-order valence-electron chi connectivity index (χ4n) is 8.60. The molecule has 8 nitrogen and oxygen atoms in total. The van der Waals surface area contributed by atoms with Crippen LogP contribution in [0.2, 0.25) is 0 Å².